The van der Waals surface area contributed by atoms with Crippen LogP contribution in [0.5, 0.6) is 0 Å². The Morgan fingerprint density at radius 1 is 1.50 bits per heavy atom. The van der Waals surface area contributed by atoms with Crippen molar-refractivity contribution in [2.45, 2.75) is 39.2 Å². The highest BCUT2D eigenvalue weighted by molar-refractivity contribution is 5.66. The Hall–Kier alpha value is -1.03. The number of hydroxylamine groups is 1. The molecule has 1 amide bonds. The molecule has 0 bridgehead atoms. The van der Waals surface area contributed by atoms with Crippen LogP contribution in [0, 0.1) is 0 Å². The summed E-state index contributed by atoms with van der Waals surface area (Å²) in [6.45, 7) is 9.43. The summed E-state index contributed by atoms with van der Waals surface area (Å²) in [5.41, 5.74) is 1.71. The lowest BCUT2D eigenvalue weighted by Crippen LogP contribution is -2.32. The van der Waals surface area contributed by atoms with E-state index in [-0.39, 0.29) is 0 Å². The van der Waals surface area contributed by atoms with Crippen LogP contribution in [0.2, 0.25) is 0 Å². The number of hydrogen-bond acceptors (Lipinski definition) is 3. The van der Waals surface area contributed by atoms with Crippen molar-refractivity contribution in [2.75, 3.05) is 6.61 Å². The van der Waals surface area contributed by atoms with Gasteiger partial charge < -0.3 is 4.74 Å². The molecule has 0 aromatic rings. The van der Waals surface area contributed by atoms with Crippen LogP contribution >= 0.6 is 0 Å². The first kappa shape index (κ1) is 13.0. The fourth-order valence-corrected chi connectivity index (χ4v) is 0.709. The molecule has 0 rings (SSSR count). The summed E-state index contributed by atoms with van der Waals surface area (Å²) < 4.78 is 4.95. The van der Waals surface area contributed by atoms with Crippen LogP contribution in [0.1, 0.15) is 33.6 Å². The maximum Gasteiger partial charge on any atom is 0.431 e. The van der Waals surface area contributed by atoms with Crippen LogP contribution in [-0.4, -0.2) is 18.3 Å². The van der Waals surface area contributed by atoms with Crippen molar-refractivity contribution in [1.82, 2.24) is 5.48 Å². The number of ether oxygens (including phenoxy) is 1. The highest BCUT2D eigenvalue weighted by Gasteiger charge is 2.15. The standard InChI is InChI=1S/C10H19NO3/c1-5-6-7-8-13-11-9(12)14-10(2,3)4/h5H,1,6-8H2,2-4H3,(H,11,12). The Morgan fingerprint density at radius 2 is 2.14 bits per heavy atom. The molecule has 0 aromatic heterocycles. The first-order valence-corrected chi connectivity index (χ1v) is 4.67. The van der Waals surface area contributed by atoms with E-state index < -0.39 is 11.7 Å². The van der Waals surface area contributed by atoms with E-state index in [4.69, 9.17) is 9.57 Å². The molecule has 0 spiro atoms. The summed E-state index contributed by atoms with van der Waals surface area (Å²) in [5, 5.41) is 0. The van der Waals surface area contributed by atoms with Gasteiger partial charge in [-0.05, 0) is 33.6 Å². The fraction of sp³-hybridized carbons (Fsp3) is 0.700. The summed E-state index contributed by atoms with van der Waals surface area (Å²) in [4.78, 5) is 15.9. The number of amides is 1. The predicted molar refractivity (Wildman–Crippen MR) is 54.8 cm³/mol. The number of hydrogen-bond donors (Lipinski definition) is 1. The average molecular weight is 201 g/mol. The molecule has 0 unspecified atom stereocenters. The molecule has 0 aromatic carbocycles. The molecule has 0 saturated heterocycles. The Morgan fingerprint density at radius 3 is 2.64 bits per heavy atom. The van der Waals surface area contributed by atoms with Crippen LogP contribution in [0.3, 0.4) is 0 Å². The molecule has 0 heterocycles. The summed E-state index contributed by atoms with van der Waals surface area (Å²) in [6, 6.07) is 0. The minimum absolute atomic E-state index is 0.464. The number of nitrogens with one attached hydrogen (secondary N) is 1. The third kappa shape index (κ3) is 9.06. The van der Waals surface area contributed by atoms with Crippen molar-refractivity contribution in [1.29, 1.82) is 0 Å². The van der Waals surface area contributed by atoms with E-state index in [1.165, 1.54) is 0 Å². The monoisotopic (exact) mass is 201 g/mol. The van der Waals surface area contributed by atoms with E-state index >= 15 is 0 Å². The van der Waals surface area contributed by atoms with E-state index in [1.54, 1.807) is 26.8 Å². The van der Waals surface area contributed by atoms with E-state index in [0.717, 1.165) is 12.8 Å². The number of unbranched alkanes of at least 4 members (excludes halogenated alkanes) is 1. The molecule has 0 radical (unpaired) electrons. The van der Waals surface area contributed by atoms with Crippen LogP contribution in [0.25, 0.3) is 0 Å². The minimum Gasteiger partial charge on any atom is -0.442 e. The molecule has 0 saturated carbocycles. The van der Waals surface area contributed by atoms with Gasteiger partial charge in [0.15, 0.2) is 0 Å². The largest absolute Gasteiger partial charge is 0.442 e. The first-order valence-electron chi connectivity index (χ1n) is 4.67. The first-order chi connectivity index (χ1) is 6.45. The molecule has 0 aliphatic carbocycles. The fourth-order valence-electron chi connectivity index (χ4n) is 0.709. The molecule has 14 heavy (non-hydrogen) atoms. The van der Waals surface area contributed by atoms with Gasteiger partial charge in [0.25, 0.3) is 0 Å². The minimum atomic E-state index is -0.559. The van der Waals surface area contributed by atoms with Crippen LogP contribution < -0.4 is 5.48 Å². The van der Waals surface area contributed by atoms with Crippen molar-refractivity contribution in [3.8, 4) is 0 Å². The second-order valence-electron chi connectivity index (χ2n) is 3.88. The smallest absolute Gasteiger partial charge is 0.431 e. The van der Waals surface area contributed by atoms with Gasteiger partial charge in [-0.15, -0.1) is 6.58 Å². The highest BCUT2D eigenvalue weighted by Crippen LogP contribution is 2.06. The summed E-state index contributed by atoms with van der Waals surface area (Å²) >= 11 is 0. The Labute approximate surface area is 85.2 Å². The maximum atomic E-state index is 11.0. The van der Waals surface area contributed by atoms with Crippen LogP contribution in [0.15, 0.2) is 12.7 Å². The van der Waals surface area contributed by atoms with Crippen LogP contribution in [-0.2, 0) is 9.57 Å². The van der Waals surface area contributed by atoms with E-state index in [9.17, 15) is 4.79 Å². The predicted octanol–water partition coefficient (Wildman–Crippen LogP) is 2.41. The number of allylic oxidation sites excluding steroid dienone is 1. The molecule has 0 aliphatic rings. The van der Waals surface area contributed by atoms with Crippen molar-refractivity contribution in [3.63, 3.8) is 0 Å². The van der Waals surface area contributed by atoms with Crippen molar-refractivity contribution >= 4 is 6.09 Å². The van der Waals surface area contributed by atoms with Crippen molar-refractivity contribution < 1.29 is 14.4 Å². The van der Waals surface area contributed by atoms with Gasteiger partial charge in [-0.2, -0.15) is 5.48 Å². The topological polar surface area (TPSA) is 47.6 Å². The third-order valence-corrected chi connectivity index (χ3v) is 1.21. The van der Waals surface area contributed by atoms with Crippen LogP contribution in [0.4, 0.5) is 4.79 Å². The quantitative estimate of drug-likeness (QED) is 0.422. The van der Waals surface area contributed by atoms with E-state index in [0.29, 0.717) is 6.61 Å². The van der Waals surface area contributed by atoms with Gasteiger partial charge in [0.2, 0.25) is 0 Å². The third-order valence-electron chi connectivity index (χ3n) is 1.21. The zero-order chi connectivity index (χ0) is 11.0. The van der Waals surface area contributed by atoms with Crippen molar-refractivity contribution in [2.24, 2.45) is 0 Å². The van der Waals surface area contributed by atoms with Gasteiger partial charge in [0.1, 0.15) is 5.60 Å². The molecular weight excluding hydrogens is 182 g/mol. The normalized spacial score (nSPS) is 10.8. The second kappa shape index (κ2) is 6.43. The average Bonchev–Trinajstić information content (AvgIpc) is 2.00. The second-order valence-corrected chi connectivity index (χ2v) is 3.88. The Kier molecular flexibility index (Phi) is 5.95. The number of carbonyl (C=O) groups is 1. The molecule has 0 fully saturated rings. The van der Waals surface area contributed by atoms with E-state index in [2.05, 4.69) is 12.1 Å². The molecule has 4 heteroatoms. The van der Waals surface area contributed by atoms with Gasteiger partial charge >= 0.3 is 6.09 Å². The highest BCUT2D eigenvalue weighted by atomic mass is 16.7. The lowest BCUT2D eigenvalue weighted by molar-refractivity contribution is -0.00806. The molecule has 1 N–H and O–H groups in total. The summed E-state index contributed by atoms with van der Waals surface area (Å²) in [7, 11) is 0. The zero-order valence-corrected chi connectivity index (χ0v) is 9.13. The molecule has 82 valence electrons. The van der Waals surface area contributed by atoms with Gasteiger partial charge in [-0.25, -0.2) is 4.79 Å². The summed E-state index contributed by atoms with van der Waals surface area (Å²) in [5.74, 6) is 0. The van der Waals surface area contributed by atoms with E-state index in [1.807, 2.05) is 0 Å². The molecule has 0 aliphatic heterocycles. The molecular formula is C10H19NO3. The van der Waals surface area contributed by atoms with Gasteiger partial charge in [-0.3, -0.25) is 4.84 Å². The Bertz CT molecular complexity index is 184. The SMILES string of the molecule is C=CCCCONC(=O)OC(C)(C)C. The maximum absolute atomic E-state index is 11.0. The van der Waals surface area contributed by atoms with Gasteiger partial charge in [0.05, 0.1) is 6.61 Å². The Balaban J connectivity index is 3.41. The number of rotatable bonds is 5. The lowest BCUT2D eigenvalue weighted by Gasteiger charge is -2.19. The van der Waals surface area contributed by atoms with Gasteiger partial charge in [-0.1, -0.05) is 6.08 Å². The van der Waals surface area contributed by atoms with Crippen molar-refractivity contribution in [3.05, 3.63) is 12.7 Å². The molecule has 4 nitrogen and oxygen atoms in total. The zero-order valence-electron chi connectivity index (χ0n) is 9.13. The van der Waals surface area contributed by atoms with Gasteiger partial charge in [0, 0.05) is 0 Å². The molecule has 0 atom stereocenters. The lowest BCUT2D eigenvalue weighted by atomic mass is 10.2. The number of carbonyl (C=O) groups excluding carboxylic acids is 1. The summed E-state index contributed by atoms with van der Waals surface area (Å²) in [6.07, 6.45) is 2.95.